The van der Waals surface area contributed by atoms with Crippen molar-refractivity contribution in [3.63, 3.8) is 0 Å². The Balaban J connectivity index is 1.33. The normalized spacial score (nSPS) is 18.6. The van der Waals surface area contributed by atoms with Crippen molar-refractivity contribution < 1.29 is 9.59 Å². The van der Waals surface area contributed by atoms with E-state index in [0.29, 0.717) is 10.9 Å². The predicted octanol–water partition coefficient (Wildman–Crippen LogP) is 3.34. The molecule has 1 heterocycles. The lowest BCUT2D eigenvalue weighted by molar-refractivity contribution is -0.119. The van der Waals surface area contributed by atoms with E-state index in [-0.39, 0.29) is 23.9 Å². The van der Waals surface area contributed by atoms with Gasteiger partial charge in [-0.3, -0.25) is 14.5 Å². The van der Waals surface area contributed by atoms with Gasteiger partial charge in [0, 0.05) is 13.0 Å². The molecule has 8 heteroatoms. The molecule has 0 spiro atoms. The summed E-state index contributed by atoms with van der Waals surface area (Å²) in [7, 11) is 0. The van der Waals surface area contributed by atoms with Gasteiger partial charge in [0.1, 0.15) is 0 Å². The van der Waals surface area contributed by atoms with Gasteiger partial charge in [0.25, 0.3) is 0 Å². The van der Waals surface area contributed by atoms with Gasteiger partial charge in [0.15, 0.2) is 4.34 Å². The Bertz CT molecular complexity index is 850. The Kier molecular flexibility index (Phi) is 5.45. The van der Waals surface area contributed by atoms with E-state index in [1.54, 1.807) is 11.8 Å². The quantitative estimate of drug-likeness (QED) is 0.592. The topological polar surface area (TPSA) is 75.2 Å². The number of anilines is 1. The predicted molar refractivity (Wildman–Crippen MR) is 107 cm³/mol. The van der Waals surface area contributed by atoms with Crippen molar-refractivity contribution in [3.05, 3.63) is 35.4 Å². The van der Waals surface area contributed by atoms with E-state index < -0.39 is 0 Å². The van der Waals surface area contributed by atoms with E-state index in [2.05, 4.69) is 33.7 Å². The first kappa shape index (κ1) is 18.4. The molecule has 1 N–H and O–H groups in total. The number of nitrogens with one attached hydrogen (secondary N) is 1. The fourth-order valence-electron chi connectivity index (χ4n) is 3.51. The number of thioether (sulfide) groups is 1. The average Bonchev–Trinajstić information content (AvgIpc) is 3.37. The highest BCUT2D eigenvalue weighted by atomic mass is 32.2. The first-order valence-corrected chi connectivity index (χ1v) is 11.1. The molecule has 1 aromatic carbocycles. The molecule has 1 atom stereocenters. The number of carbonyl (C=O) groups is 2. The molecule has 4 rings (SSSR count). The third kappa shape index (κ3) is 4.32. The highest BCUT2D eigenvalue weighted by Crippen LogP contribution is 2.36. The van der Waals surface area contributed by atoms with Crippen LogP contribution in [0.5, 0.6) is 0 Å². The Labute approximate surface area is 166 Å². The van der Waals surface area contributed by atoms with Crippen LogP contribution in [0.2, 0.25) is 0 Å². The monoisotopic (exact) mass is 402 g/mol. The molecule has 0 radical (unpaired) electrons. The molecular formula is C19H22N4O2S2. The zero-order valence-corrected chi connectivity index (χ0v) is 16.8. The third-order valence-corrected chi connectivity index (χ3v) is 6.94. The van der Waals surface area contributed by atoms with Crippen LogP contribution in [-0.4, -0.2) is 33.8 Å². The van der Waals surface area contributed by atoms with Gasteiger partial charge in [-0.15, -0.1) is 10.2 Å². The summed E-state index contributed by atoms with van der Waals surface area (Å²) in [5.41, 5.74) is 2.57. The Morgan fingerprint density at radius 2 is 2.07 bits per heavy atom. The van der Waals surface area contributed by atoms with Gasteiger partial charge < -0.3 is 5.32 Å². The number of aromatic nitrogens is 2. The summed E-state index contributed by atoms with van der Waals surface area (Å²) >= 11 is 2.76. The summed E-state index contributed by atoms with van der Waals surface area (Å²) in [4.78, 5) is 26.0. The van der Waals surface area contributed by atoms with Crippen LogP contribution in [0, 0.1) is 0 Å². The van der Waals surface area contributed by atoms with Crippen LogP contribution in [0.3, 0.4) is 0 Å². The Morgan fingerprint density at radius 3 is 2.85 bits per heavy atom. The number of rotatable bonds is 6. The van der Waals surface area contributed by atoms with Gasteiger partial charge >= 0.3 is 0 Å². The molecule has 2 amide bonds. The molecule has 0 aliphatic heterocycles. The van der Waals surface area contributed by atoms with Crippen molar-refractivity contribution in [1.29, 1.82) is 0 Å². The van der Waals surface area contributed by atoms with Crippen LogP contribution in [-0.2, 0) is 16.0 Å². The molecule has 6 nitrogen and oxygen atoms in total. The molecule has 1 aromatic heterocycles. The van der Waals surface area contributed by atoms with E-state index in [9.17, 15) is 9.59 Å². The van der Waals surface area contributed by atoms with Gasteiger partial charge in [-0.2, -0.15) is 0 Å². The first-order valence-electron chi connectivity index (χ1n) is 9.25. The number of nitrogens with zero attached hydrogens (tertiary/aromatic N) is 3. The smallest absolute Gasteiger partial charge is 0.230 e. The minimum absolute atomic E-state index is 0.00101. The van der Waals surface area contributed by atoms with E-state index in [4.69, 9.17) is 0 Å². The lowest BCUT2D eigenvalue weighted by Gasteiger charge is -2.26. The lowest BCUT2D eigenvalue weighted by Crippen LogP contribution is -2.32. The number of fused-ring (bicyclic) bond motifs is 1. The number of benzene rings is 1. The maximum absolute atomic E-state index is 12.4. The molecule has 2 aliphatic rings. The van der Waals surface area contributed by atoms with Crippen LogP contribution < -0.4 is 10.2 Å². The number of amides is 2. The molecule has 0 saturated heterocycles. The molecule has 27 heavy (non-hydrogen) atoms. The van der Waals surface area contributed by atoms with Crippen molar-refractivity contribution in [1.82, 2.24) is 15.5 Å². The Hall–Kier alpha value is -1.93. The van der Waals surface area contributed by atoms with Crippen LogP contribution in [0.25, 0.3) is 0 Å². The number of carbonyl (C=O) groups excluding carboxylic acids is 2. The average molecular weight is 403 g/mol. The fraction of sp³-hybridized carbons (Fsp3) is 0.474. The van der Waals surface area contributed by atoms with E-state index in [1.165, 1.54) is 34.2 Å². The van der Waals surface area contributed by atoms with Crippen LogP contribution >= 0.6 is 23.1 Å². The van der Waals surface area contributed by atoms with E-state index in [1.807, 2.05) is 6.07 Å². The minimum atomic E-state index is -0.00101. The summed E-state index contributed by atoms with van der Waals surface area (Å²) in [6.07, 6.45) is 5.19. The SMILES string of the molecule is CC(=O)N(c1nnc(SCC(=O)NC2CCCc3ccccc32)s1)C1CC1. The van der Waals surface area contributed by atoms with Gasteiger partial charge in [0.2, 0.25) is 16.9 Å². The fourth-order valence-corrected chi connectivity index (χ4v) is 5.27. The largest absolute Gasteiger partial charge is 0.349 e. The van der Waals surface area contributed by atoms with Crippen molar-refractivity contribution in [3.8, 4) is 0 Å². The van der Waals surface area contributed by atoms with Gasteiger partial charge in [-0.1, -0.05) is 47.4 Å². The lowest BCUT2D eigenvalue weighted by atomic mass is 9.88. The summed E-state index contributed by atoms with van der Waals surface area (Å²) in [6, 6.07) is 8.70. The second-order valence-electron chi connectivity index (χ2n) is 6.97. The maximum atomic E-state index is 12.4. The first-order chi connectivity index (χ1) is 13.1. The number of aryl methyl sites for hydroxylation is 1. The van der Waals surface area contributed by atoms with Crippen LogP contribution in [0.1, 0.15) is 49.8 Å². The highest BCUT2D eigenvalue weighted by molar-refractivity contribution is 8.01. The van der Waals surface area contributed by atoms with E-state index >= 15 is 0 Å². The van der Waals surface area contributed by atoms with Crippen molar-refractivity contribution in [2.45, 2.75) is 55.5 Å². The second-order valence-corrected chi connectivity index (χ2v) is 9.15. The van der Waals surface area contributed by atoms with Gasteiger partial charge in [-0.05, 0) is 43.2 Å². The maximum Gasteiger partial charge on any atom is 0.230 e. The van der Waals surface area contributed by atoms with Crippen LogP contribution in [0.4, 0.5) is 5.13 Å². The van der Waals surface area contributed by atoms with Crippen molar-refractivity contribution in [2.75, 3.05) is 10.7 Å². The molecule has 1 unspecified atom stereocenters. The minimum Gasteiger partial charge on any atom is -0.349 e. The summed E-state index contributed by atoms with van der Waals surface area (Å²) in [5.74, 6) is 0.305. The third-order valence-electron chi connectivity index (χ3n) is 4.88. The second kappa shape index (κ2) is 7.98. The van der Waals surface area contributed by atoms with Crippen molar-refractivity contribution >= 4 is 40.0 Å². The highest BCUT2D eigenvalue weighted by Gasteiger charge is 2.34. The summed E-state index contributed by atoms with van der Waals surface area (Å²) in [5, 5.41) is 12.1. The van der Waals surface area contributed by atoms with Crippen molar-refractivity contribution in [2.24, 2.45) is 0 Å². The summed E-state index contributed by atoms with van der Waals surface area (Å²) in [6.45, 7) is 1.56. The zero-order valence-electron chi connectivity index (χ0n) is 15.2. The summed E-state index contributed by atoms with van der Waals surface area (Å²) < 4.78 is 0.719. The van der Waals surface area contributed by atoms with E-state index in [0.717, 1.165) is 36.4 Å². The van der Waals surface area contributed by atoms with Crippen LogP contribution in [0.15, 0.2) is 28.6 Å². The molecule has 2 aliphatic carbocycles. The molecule has 2 aromatic rings. The molecule has 1 fully saturated rings. The molecule has 1 saturated carbocycles. The standard InChI is InChI=1S/C19H22N4O2S2/c1-12(24)23(14-9-10-14)18-21-22-19(27-18)26-11-17(25)20-16-8-4-6-13-5-2-3-7-15(13)16/h2-3,5,7,14,16H,4,6,8-11H2,1H3,(H,20,25). The Morgan fingerprint density at radius 1 is 1.26 bits per heavy atom. The van der Waals surface area contributed by atoms with Gasteiger partial charge in [-0.25, -0.2) is 0 Å². The molecule has 0 bridgehead atoms. The zero-order chi connectivity index (χ0) is 18.8. The van der Waals surface area contributed by atoms with Gasteiger partial charge in [0.05, 0.1) is 11.8 Å². The molecule has 142 valence electrons. The number of hydrogen-bond acceptors (Lipinski definition) is 6. The molecular weight excluding hydrogens is 380 g/mol. The number of hydrogen-bond donors (Lipinski definition) is 1.